The Morgan fingerprint density at radius 3 is 2.35 bits per heavy atom. The van der Waals surface area contributed by atoms with Gasteiger partial charge in [0.15, 0.2) is 0 Å². The number of rotatable bonds is 9. The first-order valence-electron chi connectivity index (χ1n) is 7.01. The topological polar surface area (TPSA) is 0 Å². The molecule has 96 valence electrons. The van der Waals surface area contributed by atoms with Crippen LogP contribution in [0.3, 0.4) is 0 Å². The summed E-state index contributed by atoms with van der Waals surface area (Å²) < 4.78 is 0. The van der Waals surface area contributed by atoms with Gasteiger partial charge in [-0.15, -0.1) is 0 Å². The molecule has 0 aliphatic heterocycles. The fourth-order valence-corrected chi connectivity index (χ4v) is 2.76. The van der Waals surface area contributed by atoms with Crippen LogP contribution < -0.4 is 0 Å². The van der Waals surface area contributed by atoms with E-state index in [1.807, 2.05) is 0 Å². The third kappa shape index (κ3) is 7.59. The highest BCUT2D eigenvalue weighted by Gasteiger charge is 2.03. The van der Waals surface area contributed by atoms with Crippen LogP contribution in [0.25, 0.3) is 0 Å². The molecule has 1 atom stereocenters. The van der Waals surface area contributed by atoms with Crippen molar-refractivity contribution in [2.24, 2.45) is 0 Å². The molecule has 1 aromatic rings. The van der Waals surface area contributed by atoms with Crippen LogP contribution in [0.15, 0.2) is 30.3 Å². The van der Waals surface area contributed by atoms with E-state index < -0.39 is 0 Å². The zero-order valence-electron chi connectivity index (χ0n) is 11.0. The van der Waals surface area contributed by atoms with Gasteiger partial charge in [-0.05, 0) is 31.2 Å². The van der Waals surface area contributed by atoms with Crippen LogP contribution in [0, 0.1) is 0 Å². The molecule has 1 rings (SSSR count). The summed E-state index contributed by atoms with van der Waals surface area (Å²) in [5.41, 5.74) is 1.47. The first kappa shape index (κ1) is 14.8. The molecule has 0 saturated heterocycles. The highest BCUT2D eigenvalue weighted by atomic mass is 79.9. The van der Waals surface area contributed by atoms with Crippen molar-refractivity contribution in [3.05, 3.63) is 35.9 Å². The molecule has 1 aromatic carbocycles. The smallest absolute Gasteiger partial charge is 0.0145 e. The Morgan fingerprint density at radius 1 is 0.941 bits per heavy atom. The van der Waals surface area contributed by atoms with Gasteiger partial charge in [-0.2, -0.15) is 0 Å². The third-order valence-electron chi connectivity index (χ3n) is 3.20. The van der Waals surface area contributed by atoms with E-state index >= 15 is 0 Å². The standard InChI is InChI=1S/C16H25Br/c1-2-3-4-8-13-16(17)14-9-12-15-10-6-5-7-11-15/h5-7,10-11,16H,2-4,8-9,12-14H2,1H3. The fourth-order valence-electron chi connectivity index (χ4n) is 2.11. The lowest BCUT2D eigenvalue weighted by Crippen LogP contribution is -1.99. The van der Waals surface area contributed by atoms with Gasteiger partial charge in [0.2, 0.25) is 0 Å². The van der Waals surface area contributed by atoms with E-state index in [2.05, 4.69) is 53.2 Å². The van der Waals surface area contributed by atoms with Crippen molar-refractivity contribution in [2.45, 2.75) is 63.1 Å². The largest absolute Gasteiger partial charge is 0.0891 e. The van der Waals surface area contributed by atoms with Gasteiger partial charge in [0.05, 0.1) is 0 Å². The molecule has 1 heteroatoms. The number of aryl methyl sites for hydroxylation is 1. The summed E-state index contributed by atoms with van der Waals surface area (Å²) in [5.74, 6) is 0. The second-order valence-electron chi connectivity index (χ2n) is 4.82. The van der Waals surface area contributed by atoms with Gasteiger partial charge in [0.1, 0.15) is 0 Å². The maximum absolute atomic E-state index is 3.80. The molecular formula is C16H25Br. The summed E-state index contributed by atoms with van der Waals surface area (Å²) in [7, 11) is 0. The number of unbranched alkanes of at least 4 members (excludes halogenated alkanes) is 3. The van der Waals surface area contributed by atoms with Crippen molar-refractivity contribution in [1.29, 1.82) is 0 Å². The van der Waals surface area contributed by atoms with Crippen molar-refractivity contribution in [3.63, 3.8) is 0 Å². The van der Waals surface area contributed by atoms with Crippen LogP contribution in [0.2, 0.25) is 0 Å². The average Bonchev–Trinajstić information content (AvgIpc) is 2.36. The van der Waals surface area contributed by atoms with Gasteiger partial charge in [-0.25, -0.2) is 0 Å². The monoisotopic (exact) mass is 296 g/mol. The lowest BCUT2D eigenvalue weighted by molar-refractivity contribution is 0.591. The highest BCUT2D eigenvalue weighted by Crippen LogP contribution is 2.18. The molecule has 0 bridgehead atoms. The molecule has 0 heterocycles. The minimum Gasteiger partial charge on any atom is -0.0891 e. The normalized spacial score (nSPS) is 12.6. The molecule has 0 saturated carbocycles. The number of halogens is 1. The van der Waals surface area contributed by atoms with Gasteiger partial charge in [0, 0.05) is 4.83 Å². The van der Waals surface area contributed by atoms with Crippen molar-refractivity contribution >= 4 is 15.9 Å². The van der Waals surface area contributed by atoms with Crippen molar-refractivity contribution in [2.75, 3.05) is 0 Å². The summed E-state index contributed by atoms with van der Waals surface area (Å²) in [6.07, 6.45) is 10.7. The number of hydrogen-bond donors (Lipinski definition) is 0. The Hall–Kier alpha value is -0.300. The minimum atomic E-state index is 0.725. The Bertz CT molecular complexity index is 268. The molecule has 1 unspecified atom stereocenters. The van der Waals surface area contributed by atoms with Gasteiger partial charge in [0.25, 0.3) is 0 Å². The van der Waals surface area contributed by atoms with E-state index in [0.717, 1.165) is 4.83 Å². The second kappa shape index (κ2) is 9.70. The molecule has 0 fully saturated rings. The van der Waals surface area contributed by atoms with Crippen LogP contribution in [-0.4, -0.2) is 4.83 Å². The lowest BCUT2D eigenvalue weighted by atomic mass is 10.0. The van der Waals surface area contributed by atoms with Crippen LogP contribution in [-0.2, 0) is 6.42 Å². The summed E-state index contributed by atoms with van der Waals surface area (Å²) in [6, 6.07) is 10.8. The van der Waals surface area contributed by atoms with Gasteiger partial charge in [-0.3, -0.25) is 0 Å². The van der Waals surface area contributed by atoms with Crippen molar-refractivity contribution in [3.8, 4) is 0 Å². The first-order chi connectivity index (χ1) is 8.33. The van der Waals surface area contributed by atoms with Crippen molar-refractivity contribution < 1.29 is 0 Å². The summed E-state index contributed by atoms with van der Waals surface area (Å²) in [4.78, 5) is 0.725. The predicted molar refractivity (Wildman–Crippen MR) is 80.9 cm³/mol. The van der Waals surface area contributed by atoms with Gasteiger partial charge in [-0.1, -0.05) is 78.9 Å². The van der Waals surface area contributed by atoms with Gasteiger partial charge < -0.3 is 0 Å². The number of alkyl halides is 1. The maximum Gasteiger partial charge on any atom is 0.0145 e. The van der Waals surface area contributed by atoms with Gasteiger partial charge >= 0.3 is 0 Å². The summed E-state index contributed by atoms with van der Waals surface area (Å²) in [5, 5.41) is 0. The molecule has 0 amide bonds. The Kier molecular flexibility index (Phi) is 8.42. The molecule has 17 heavy (non-hydrogen) atoms. The predicted octanol–water partition coefficient (Wildman–Crippen LogP) is 5.74. The first-order valence-corrected chi connectivity index (χ1v) is 7.92. The molecule has 0 N–H and O–H groups in total. The SMILES string of the molecule is CCCCCCC(Br)CCCc1ccccc1. The maximum atomic E-state index is 3.80. The summed E-state index contributed by atoms with van der Waals surface area (Å²) in [6.45, 7) is 2.27. The third-order valence-corrected chi connectivity index (χ3v) is 4.11. The Morgan fingerprint density at radius 2 is 1.65 bits per heavy atom. The molecule has 0 aliphatic rings. The average molecular weight is 297 g/mol. The number of hydrogen-bond acceptors (Lipinski definition) is 0. The van der Waals surface area contributed by atoms with Crippen LogP contribution in [0.4, 0.5) is 0 Å². The quantitative estimate of drug-likeness (QED) is 0.402. The molecule has 0 nitrogen and oxygen atoms in total. The van der Waals surface area contributed by atoms with Crippen molar-refractivity contribution in [1.82, 2.24) is 0 Å². The lowest BCUT2D eigenvalue weighted by Gasteiger charge is -2.09. The highest BCUT2D eigenvalue weighted by molar-refractivity contribution is 9.09. The van der Waals surface area contributed by atoms with E-state index in [1.165, 1.54) is 56.9 Å². The van der Waals surface area contributed by atoms with Crippen LogP contribution in [0.1, 0.15) is 57.4 Å². The minimum absolute atomic E-state index is 0.725. The number of benzene rings is 1. The molecular weight excluding hydrogens is 272 g/mol. The summed E-state index contributed by atoms with van der Waals surface area (Å²) >= 11 is 3.80. The van der Waals surface area contributed by atoms with E-state index in [1.54, 1.807) is 0 Å². The Labute approximate surface area is 115 Å². The second-order valence-corrected chi connectivity index (χ2v) is 6.12. The molecule has 0 spiro atoms. The van der Waals surface area contributed by atoms with E-state index in [9.17, 15) is 0 Å². The zero-order valence-corrected chi connectivity index (χ0v) is 12.6. The van der Waals surface area contributed by atoms with E-state index in [4.69, 9.17) is 0 Å². The molecule has 0 radical (unpaired) electrons. The Balaban J connectivity index is 2.02. The molecule has 0 aliphatic carbocycles. The van der Waals surface area contributed by atoms with E-state index in [0.29, 0.717) is 0 Å². The fraction of sp³-hybridized carbons (Fsp3) is 0.625. The van der Waals surface area contributed by atoms with Crippen LogP contribution >= 0.6 is 15.9 Å². The van der Waals surface area contributed by atoms with Crippen LogP contribution in [0.5, 0.6) is 0 Å². The molecule has 0 aromatic heterocycles. The zero-order chi connectivity index (χ0) is 12.3. The van der Waals surface area contributed by atoms with E-state index in [-0.39, 0.29) is 0 Å².